The molecule has 0 spiro atoms. The van der Waals surface area contributed by atoms with Crippen LogP contribution in [0.25, 0.3) is 0 Å². The Balaban J connectivity index is 1.73. The first-order chi connectivity index (χ1) is 8.75. The summed E-state index contributed by atoms with van der Waals surface area (Å²) >= 11 is 1.39. The van der Waals surface area contributed by atoms with E-state index in [0.29, 0.717) is 12.4 Å². The van der Waals surface area contributed by atoms with Gasteiger partial charge in [-0.15, -0.1) is 11.3 Å². The summed E-state index contributed by atoms with van der Waals surface area (Å²) in [5, 5.41) is 3.84. The average Bonchev–Trinajstić information content (AvgIpc) is 3.09. The highest BCUT2D eigenvalue weighted by Crippen LogP contribution is 2.27. The largest absolute Gasteiger partial charge is 0.343 e. The Morgan fingerprint density at radius 1 is 1.56 bits per heavy atom. The summed E-state index contributed by atoms with van der Waals surface area (Å²) < 4.78 is 4.74. The van der Waals surface area contributed by atoms with Gasteiger partial charge in [-0.2, -0.15) is 4.98 Å². The van der Waals surface area contributed by atoms with E-state index in [1.54, 1.807) is 5.51 Å². The molecule has 2 aromatic heterocycles. The number of hydrogen-bond donors (Lipinski definition) is 0. The van der Waals surface area contributed by atoms with Gasteiger partial charge < -0.3 is 9.42 Å². The van der Waals surface area contributed by atoms with Crippen molar-refractivity contribution in [2.75, 3.05) is 13.1 Å². The smallest absolute Gasteiger partial charge is 0.265 e. The van der Waals surface area contributed by atoms with Crippen molar-refractivity contribution in [1.29, 1.82) is 0 Å². The van der Waals surface area contributed by atoms with Crippen LogP contribution in [0.4, 0.5) is 0 Å². The van der Waals surface area contributed by atoms with Gasteiger partial charge in [-0.1, -0.05) is 5.16 Å². The molecule has 6 nitrogen and oxygen atoms in total. The molecule has 7 heteroatoms. The summed E-state index contributed by atoms with van der Waals surface area (Å²) in [4.78, 5) is 23.0. The molecule has 0 radical (unpaired) electrons. The van der Waals surface area contributed by atoms with Crippen LogP contribution >= 0.6 is 11.3 Å². The maximum Gasteiger partial charge on any atom is 0.265 e. The molecule has 1 aliphatic heterocycles. The van der Waals surface area contributed by atoms with Crippen molar-refractivity contribution in [3.8, 4) is 0 Å². The van der Waals surface area contributed by atoms with E-state index in [0.717, 1.165) is 23.5 Å². The van der Waals surface area contributed by atoms with Gasteiger partial charge in [0.25, 0.3) is 5.91 Å². The molecule has 0 bridgehead atoms. The molecule has 0 saturated carbocycles. The molecule has 94 valence electrons. The Kier molecular flexibility index (Phi) is 2.83. The molecule has 0 aliphatic carbocycles. The fourth-order valence-electron chi connectivity index (χ4n) is 2.16. The zero-order valence-corrected chi connectivity index (χ0v) is 10.7. The molecular formula is C11H12N4O2S. The second kappa shape index (κ2) is 4.49. The predicted octanol–water partition coefficient (Wildman–Crippen LogP) is 1.46. The van der Waals surface area contributed by atoms with E-state index in [2.05, 4.69) is 15.1 Å². The fourth-order valence-corrected chi connectivity index (χ4v) is 2.93. The summed E-state index contributed by atoms with van der Waals surface area (Å²) in [5.41, 5.74) is 2.50. The van der Waals surface area contributed by atoms with Crippen LogP contribution in [0.3, 0.4) is 0 Å². The molecular weight excluding hydrogens is 252 g/mol. The van der Waals surface area contributed by atoms with E-state index < -0.39 is 0 Å². The van der Waals surface area contributed by atoms with Crippen LogP contribution in [0.2, 0.25) is 0 Å². The number of aromatic nitrogens is 3. The van der Waals surface area contributed by atoms with Crippen molar-refractivity contribution in [2.24, 2.45) is 0 Å². The van der Waals surface area contributed by atoms with Gasteiger partial charge in [-0.05, 0) is 13.3 Å². The summed E-state index contributed by atoms with van der Waals surface area (Å²) in [6, 6.07) is 0. The van der Waals surface area contributed by atoms with Crippen LogP contribution < -0.4 is 0 Å². The molecule has 3 heterocycles. The van der Waals surface area contributed by atoms with Crippen LogP contribution in [0.1, 0.15) is 33.5 Å². The molecule has 3 rings (SSSR count). The highest BCUT2D eigenvalue weighted by molar-refractivity contribution is 7.11. The normalized spacial score (nSPS) is 19.4. The first-order valence-electron chi connectivity index (χ1n) is 5.71. The number of aryl methyl sites for hydroxylation is 1. The lowest BCUT2D eigenvalue weighted by Gasteiger charge is -2.14. The third-order valence-electron chi connectivity index (χ3n) is 3.16. The molecule has 1 amide bonds. The summed E-state index contributed by atoms with van der Waals surface area (Å²) in [7, 11) is 0. The van der Waals surface area contributed by atoms with E-state index in [-0.39, 0.29) is 11.8 Å². The minimum absolute atomic E-state index is 0.0565. The molecule has 18 heavy (non-hydrogen) atoms. The minimum Gasteiger partial charge on any atom is -0.343 e. The van der Waals surface area contributed by atoms with Crippen LogP contribution in [-0.4, -0.2) is 39.0 Å². The van der Waals surface area contributed by atoms with Crippen molar-refractivity contribution < 1.29 is 9.32 Å². The monoisotopic (exact) mass is 264 g/mol. The van der Waals surface area contributed by atoms with E-state index in [1.807, 2.05) is 11.8 Å². The van der Waals surface area contributed by atoms with Gasteiger partial charge in [0, 0.05) is 19.0 Å². The van der Waals surface area contributed by atoms with Crippen LogP contribution in [0.15, 0.2) is 16.4 Å². The number of thiazole rings is 1. The lowest BCUT2D eigenvalue weighted by molar-refractivity contribution is 0.0794. The maximum absolute atomic E-state index is 12.3. The Labute approximate surface area is 108 Å². The number of hydrogen-bond acceptors (Lipinski definition) is 6. The molecule has 1 fully saturated rings. The van der Waals surface area contributed by atoms with Crippen molar-refractivity contribution in [2.45, 2.75) is 19.3 Å². The van der Waals surface area contributed by atoms with Gasteiger partial charge >= 0.3 is 0 Å². The molecule has 0 N–H and O–H groups in total. The highest BCUT2D eigenvalue weighted by Gasteiger charge is 2.31. The van der Waals surface area contributed by atoms with Crippen LogP contribution in [-0.2, 0) is 0 Å². The zero-order valence-electron chi connectivity index (χ0n) is 9.87. The summed E-state index contributed by atoms with van der Waals surface area (Å²) in [5.74, 6) is 0.924. The number of rotatable bonds is 2. The molecule has 1 atom stereocenters. The van der Waals surface area contributed by atoms with Crippen molar-refractivity contribution in [3.05, 3.63) is 28.3 Å². The molecule has 0 unspecified atom stereocenters. The van der Waals surface area contributed by atoms with E-state index in [9.17, 15) is 4.79 Å². The van der Waals surface area contributed by atoms with Crippen molar-refractivity contribution in [3.63, 3.8) is 0 Å². The molecule has 0 aromatic carbocycles. The van der Waals surface area contributed by atoms with Crippen molar-refractivity contribution in [1.82, 2.24) is 20.0 Å². The Hall–Kier alpha value is -1.76. The number of likely N-dealkylation sites (tertiary alicyclic amines) is 1. The lowest BCUT2D eigenvalue weighted by Crippen LogP contribution is -2.28. The Morgan fingerprint density at radius 3 is 3.11 bits per heavy atom. The first kappa shape index (κ1) is 11.3. The molecule has 1 aliphatic rings. The minimum atomic E-state index is 0.0565. The van der Waals surface area contributed by atoms with Crippen LogP contribution in [0.5, 0.6) is 0 Å². The van der Waals surface area contributed by atoms with Gasteiger partial charge in [0.05, 0.1) is 11.2 Å². The predicted molar refractivity (Wildman–Crippen MR) is 64.4 cm³/mol. The number of nitrogens with zero attached hydrogens (tertiary/aromatic N) is 4. The second-order valence-electron chi connectivity index (χ2n) is 4.29. The third-order valence-corrected chi connectivity index (χ3v) is 4.08. The Bertz CT molecular complexity index is 551. The lowest BCUT2D eigenvalue weighted by atomic mass is 10.1. The standard InChI is InChI=1S/C11H12N4O2S/c1-7-9(18-6-13-7)11(16)15-3-2-8(4-15)10-12-5-17-14-10/h5-6,8H,2-4H2,1H3/t8-/m0/s1. The van der Waals surface area contributed by atoms with Crippen molar-refractivity contribution >= 4 is 17.2 Å². The zero-order chi connectivity index (χ0) is 12.5. The fraction of sp³-hybridized carbons (Fsp3) is 0.455. The Morgan fingerprint density at radius 2 is 2.44 bits per heavy atom. The number of amides is 1. The van der Waals surface area contributed by atoms with E-state index >= 15 is 0 Å². The molecule has 1 saturated heterocycles. The van der Waals surface area contributed by atoms with Gasteiger partial charge in [0.2, 0.25) is 6.39 Å². The number of carbonyl (C=O) groups excluding carboxylic acids is 1. The summed E-state index contributed by atoms with van der Waals surface area (Å²) in [6.45, 7) is 3.24. The van der Waals surface area contributed by atoms with Crippen LogP contribution in [0, 0.1) is 6.92 Å². The van der Waals surface area contributed by atoms with E-state index in [1.165, 1.54) is 17.7 Å². The number of carbonyl (C=O) groups is 1. The highest BCUT2D eigenvalue weighted by atomic mass is 32.1. The van der Waals surface area contributed by atoms with Gasteiger partial charge in [0.15, 0.2) is 5.82 Å². The second-order valence-corrected chi connectivity index (χ2v) is 5.15. The van der Waals surface area contributed by atoms with Gasteiger partial charge in [-0.3, -0.25) is 4.79 Å². The van der Waals surface area contributed by atoms with Gasteiger partial charge in [-0.25, -0.2) is 4.98 Å². The van der Waals surface area contributed by atoms with E-state index in [4.69, 9.17) is 4.52 Å². The summed E-state index contributed by atoms with van der Waals surface area (Å²) in [6.07, 6.45) is 2.20. The van der Waals surface area contributed by atoms with Gasteiger partial charge in [0.1, 0.15) is 4.88 Å². The quantitative estimate of drug-likeness (QED) is 0.821. The topological polar surface area (TPSA) is 72.1 Å². The SMILES string of the molecule is Cc1ncsc1C(=O)N1CC[C@H](c2ncon2)C1. The maximum atomic E-state index is 12.3. The third kappa shape index (κ3) is 1.90. The first-order valence-corrected chi connectivity index (χ1v) is 6.59. The molecule has 2 aromatic rings. The average molecular weight is 264 g/mol.